The standard InChI is InChI=1S/C22H24N2O6S2/c1-15-6-5-7-17(12-15)23-31(25,26)18-9-8-16(2)20(13-18)24-32(27,28)19-10-11-21(29-3)22(14-19)30-4/h5-14,23-24H,1-4H3. The topological polar surface area (TPSA) is 111 Å². The molecule has 170 valence electrons. The van der Waals surface area contributed by atoms with Crippen LogP contribution in [0.3, 0.4) is 0 Å². The number of hydrogen-bond acceptors (Lipinski definition) is 6. The minimum absolute atomic E-state index is 0.0549. The highest BCUT2D eigenvalue weighted by Crippen LogP contribution is 2.31. The van der Waals surface area contributed by atoms with Gasteiger partial charge in [0.15, 0.2) is 11.5 Å². The number of nitrogens with one attached hydrogen (secondary N) is 2. The zero-order valence-corrected chi connectivity index (χ0v) is 19.7. The average molecular weight is 477 g/mol. The molecule has 0 fully saturated rings. The van der Waals surface area contributed by atoms with Gasteiger partial charge in [0.05, 0.1) is 29.7 Å². The third-order valence-corrected chi connectivity index (χ3v) is 7.44. The van der Waals surface area contributed by atoms with E-state index in [2.05, 4.69) is 9.44 Å². The maximum absolute atomic E-state index is 12.9. The van der Waals surface area contributed by atoms with E-state index in [1.807, 2.05) is 13.0 Å². The highest BCUT2D eigenvalue weighted by atomic mass is 32.2. The van der Waals surface area contributed by atoms with Crippen molar-refractivity contribution in [3.8, 4) is 11.5 Å². The first-order valence-electron chi connectivity index (χ1n) is 9.51. The molecule has 8 nitrogen and oxygen atoms in total. The Morgan fingerprint density at radius 2 is 1.31 bits per heavy atom. The number of rotatable bonds is 8. The van der Waals surface area contributed by atoms with Crippen molar-refractivity contribution in [3.05, 3.63) is 71.8 Å². The van der Waals surface area contributed by atoms with E-state index in [1.54, 1.807) is 25.1 Å². The average Bonchev–Trinajstić information content (AvgIpc) is 2.74. The fourth-order valence-electron chi connectivity index (χ4n) is 2.99. The summed E-state index contributed by atoms with van der Waals surface area (Å²) in [6.07, 6.45) is 0. The molecule has 2 N–H and O–H groups in total. The second-order valence-corrected chi connectivity index (χ2v) is 10.4. The van der Waals surface area contributed by atoms with E-state index in [0.717, 1.165) is 5.56 Å². The lowest BCUT2D eigenvalue weighted by molar-refractivity contribution is 0.354. The van der Waals surface area contributed by atoms with Crippen molar-refractivity contribution in [1.82, 2.24) is 0 Å². The normalized spacial score (nSPS) is 11.6. The van der Waals surface area contributed by atoms with Crippen molar-refractivity contribution in [2.45, 2.75) is 23.6 Å². The van der Waals surface area contributed by atoms with Gasteiger partial charge in [-0.15, -0.1) is 0 Å². The molecule has 0 aliphatic carbocycles. The zero-order valence-electron chi connectivity index (χ0n) is 18.0. The summed E-state index contributed by atoms with van der Waals surface area (Å²) in [5, 5.41) is 0. The van der Waals surface area contributed by atoms with Gasteiger partial charge in [0.2, 0.25) is 0 Å². The molecule has 10 heteroatoms. The van der Waals surface area contributed by atoms with Gasteiger partial charge in [-0.1, -0.05) is 18.2 Å². The Morgan fingerprint density at radius 1 is 0.688 bits per heavy atom. The molecule has 0 spiro atoms. The number of aryl methyl sites for hydroxylation is 2. The summed E-state index contributed by atoms with van der Waals surface area (Å²) in [6, 6.07) is 15.4. The Bertz CT molecular complexity index is 1350. The van der Waals surface area contributed by atoms with Gasteiger partial charge in [-0.25, -0.2) is 16.8 Å². The molecule has 0 aliphatic rings. The lowest BCUT2D eigenvalue weighted by atomic mass is 10.2. The zero-order chi connectivity index (χ0) is 23.5. The van der Waals surface area contributed by atoms with Gasteiger partial charge in [0, 0.05) is 11.8 Å². The van der Waals surface area contributed by atoms with Gasteiger partial charge in [0.25, 0.3) is 20.0 Å². The van der Waals surface area contributed by atoms with Crippen LogP contribution in [0.2, 0.25) is 0 Å². The number of benzene rings is 3. The molecule has 3 aromatic carbocycles. The molecular weight excluding hydrogens is 452 g/mol. The van der Waals surface area contributed by atoms with Crippen LogP contribution < -0.4 is 18.9 Å². The first-order chi connectivity index (χ1) is 15.1. The van der Waals surface area contributed by atoms with Crippen LogP contribution in [-0.4, -0.2) is 31.1 Å². The fraction of sp³-hybridized carbons (Fsp3) is 0.182. The first-order valence-corrected chi connectivity index (χ1v) is 12.5. The first kappa shape index (κ1) is 23.4. The summed E-state index contributed by atoms with van der Waals surface area (Å²) in [7, 11) is -5.10. The molecule has 0 bridgehead atoms. The van der Waals surface area contributed by atoms with Crippen molar-refractivity contribution in [2.24, 2.45) is 0 Å². The third kappa shape index (κ3) is 5.14. The SMILES string of the molecule is COc1ccc(S(=O)(=O)Nc2cc(S(=O)(=O)Nc3cccc(C)c3)ccc2C)cc1OC. The van der Waals surface area contributed by atoms with Gasteiger partial charge in [-0.05, 0) is 61.4 Å². The molecule has 0 unspecified atom stereocenters. The quantitative estimate of drug-likeness (QED) is 0.510. The van der Waals surface area contributed by atoms with E-state index in [4.69, 9.17) is 9.47 Å². The number of sulfonamides is 2. The van der Waals surface area contributed by atoms with E-state index in [0.29, 0.717) is 17.0 Å². The summed E-state index contributed by atoms with van der Waals surface area (Å²) in [4.78, 5) is -0.129. The van der Waals surface area contributed by atoms with Crippen molar-refractivity contribution in [1.29, 1.82) is 0 Å². The van der Waals surface area contributed by atoms with Crippen LogP contribution >= 0.6 is 0 Å². The molecule has 32 heavy (non-hydrogen) atoms. The molecule has 0 heterocycles. The number of hydrogen-bond donors (Lipinski definition) is 2. The number of anilines is 2. The van der Waals surface area contributed by atoms with Crippen molar-refractivity contribution >= 4 is 31.4 Å². The van der Waals surface area contributed by atoms with Crippen molar-refractivity contribution in [2.75, 3.05) is 23.7 Å². The molecule has 0 aromatic heterocycles. The van der Waals surface area contributed by atoms with Gasteiger partial charge in [-0.3, -0.25) is 9.44 Å². The molecule has 0 aliphatic heterocycles. The minimum atomic E-state index is -4.02. The molecule has 3 rings (SSSR count). The summed E-state index contributed by atoms with van der Waals surface area (Å²) in [6.45, 7) is 3.53. The molecule has 0 radical (unpaired) electrons. The van der Waals surface area contributed by atoms with Gasteiger partial charge in [-0.2, -0.15) is 0 Å². The summed E-state index contributed by atoms with van der Waals surface area (Å²) < 4.78 is 66.8. The Hall–Kier alpha value is -3.24. The molecule has 0 saturated heterocycles. The Morgan fingerprint density at radius 3 is 1.97 bits per heavy atom. The Balaban J connectivity index is 1.93. The molecular formula is C22H24N2O6S2. The van der Waals surface area contributed by atoms with Crippen LogP contribution in [0.25, 0.3) is 0 Å². The van der Waals surface area contributed by atoms with E-state index in [9.17, 15) is 16.8 Å². The highest BCUT2D eigenvalue weighted by molar-refractivity contribution is 7.93. The van der Waals surface area contributed by atoms with E-state index in [-0.39, 0.29) is 21.2 Å². The van der Waals surface area contributed by atoms with Crippen molar-refractivity contribution < 1.29 is 26.3 Å². The van der Waals surface area contributed by atoms with Crippen LogP contribution in [0.5, 0.6) is 11.5 Å². The number of ether oxygens (including phenoxy) is 2. The Kier molecular flexibility index (Phi) is 6.65. The maximum Gasteiger partial charge on any atom is 0.262 e. The van der Waals surface area contributed by atoms with Crippen LogP contribution in [0.15, 0.2) is 70.5 Å². The maximum atomic E-state index is 12.9. The van der Waals surface area contributed by atoms with Crippen LogP contribution in [0.1, 0.15) is 11.1 Å². The summed E-state index contributed by atoms with van der Waals surface area (Å²) in [5.41, 5.74) is 2.02. The smallest absolute Gasteiger partial charge is 0.262 e. The molecule has 0 atom stereocenters. The van der Waals surface area contributed by atoms with Crippen LogP contribution in [0, 0.1) is 13.8 Å². The van der Waals surface area contributed by atoms with E-state index < -0.39 is 20.0 Å². The van der Waals surface area contributed by atoms with Crippen LogP contribution in [0.4, 0.5) is 11.4 Å². The van der Waals surface area contributed by atoms with Gasteiger partial charge >= 0.3 is 0 Å². The lowest BCUT2D eigenvalue weighted by Crippen LogP contribution is -2.16. The van der Waals surface area contributed by atoms with E-state index in [1.165, 1.54) is 50.6 Å². The summed E-state index contributed by atoms with van der Waals surface area (Å²) in [5.74, 6) is 0.642. The van der Waals surface area contributed by atoms with E-state index >= 15 is 0 Å². The predicted molar refractivity (Wildman–Crippen MR) is 124 cm³/mol. The molecule has 3 aromatic rings. The summed E-state index contributed by atoms with van der Waals surface area (Å²) >= 11 is 0. The van der Waals surface area contributed by atoms with Crippen molar-refractivity contribution in [3.63, 3.8) is 0 Å². The number of methoxy groups -OCH3 is 2. The third-order valence-electron chi connectivity index (χ3n) is 4.70. The van der Waals surface area contributed by atoms with Gasteiger partial charge in [0.1, 0.15) is 0 Å². The largest absolute Gasteiger partial charge is 0.493 e. The minimum Gasteiger partial charge on any atom is -0.493 e. The predicted octanol–water partition coefficient (Wildman–Crippen LogP) is 3.92. The lowest BCUT2D eigenvalue weighted by Gasteiger charge is -2.15. The molecule has 0 amide bonds. The second-order valence-electron chi connectivity index (χ2n) is 7.07. The fourth-order valence-corrected chi connectivity index (χ4v) is 5.20. The Labute approximate surface area is 188 Å². The van der Waals surface area contributed by atoms with Gasteiger partial charge < -0.3 is 9.47 Å². The monoisotopic (exact) mass is 476 g/mol. The molecule has 0 saturated carbocycles. The highest BCUT2D eigenvalue weighted by Gasteiger charge is 2.21. The second kappa shape index (κ2) is 9.09. The van der Waals surface area contributed by atoms with Crippen LogP contribution in [-0.2, 0) is 20.0 Å².